The zero-order valence-electron chi connectivity index (χ0n) is 14.9. The number of hydrazone groups is 1. The van der Waals surface area contributed by atoms with E-state index in [9.17, 15) is 13.2 Å². The van der Waals surface area contributed by atoms with Crippen LogP contribution in [-0.2, 0) is 14.8 Å². The molecule has 2 aromatic carbocycles. The van der Waals surface area contributed by atoms with Crippen LogP contribution in [0.2, 0.25) is 0 Å². The molecule has 0 aliphatic carbocycles. The van der Waals surface area contributed by atoms with Crippen molar-refractivity contribution in [3.63, 3.8) is 0 Å². The van der Waals surface area contributed by atoms with Crippen molar-refractivity contribution in [2.75, 3.05) is 20.2 Å². The fraction of sp³-hybridized carbons (Fsp3) is 0.158. The Kier molecular flexibility index (Phi) is 7.27. The largest absolute Gasteiger partial charge is 0.490 e. The Hall–Kier alpha value is -2.97. The average Bonchev–Trinajstić information content (AvgIpc) is 2.67. The van der Waals surface area contributed by atoms with Gasteiger partial charge in [-0.1, -0.05) is 43.0 Å². The van der Waals surface area contributed by atoms with E-state index < -0.39 is 15.9 Å². The van der Waals surface area contributed by atoms with Gasteiger partial charge in [-0.25, -0.2) is 13.8 Å². The number of nitrogens with one attached hydrogen (secondary N) is 1. The van der Waals surface area contributed by atoms with Crippen LogP contribution in [0.5, 0.6) is 5.75 Å². The Morgan fingerprint density at radius 1 is 1.22 bits per heavy atom. The van der Waals surface area contributed by atoms with Crippen LogP contribution in [0.1, 0.15) is 5.56 Å². The van der Waals surface area contributed by atoms with E-state index in [1.165, 1.54) is 25.4 Å². The number of benzene rings is 2. The third-order valence-electron chi connectivity index (χ3n) is 3.45. The highest BCUT2D eigenvalue weighted by molar-refractivity contribution is 7.89. The summed E-state index contributed by atoms with van der Waals surface area (Å²) in [5.74, 6) is 0.103. The van der Waals surface area contributed by atoms with E-state index >= 15 is 0 Å². The number of rotatable bonds is 9. The Labute approximate surface area is 159 Å². The highest BCUT2D eigenvalue weighted by atomic mass is 32.2. The van der Waals surface area contributed by atoms with Gasteiger partial charge in [-0.05, 0) is 29.8 Å². The second-order valence-electron chi connectivity index (χ2n) is 5.54. The lowest BCUT2D eigenvalue weighted by atomic mass is 10.2. The molecule has 7 nitrogen and oxygen atoms in total. The quantitative estimate of drug-likeness (QED) is 0.405. The number of sulfonamides is 1. The van der Waals surface area contributed by atoms with Gasteiger partial charge in [0, 0.05) is 7.05 Å². The smallest absolute Gasteiger partial charge is 0.255 e. The first kappa shape index (κ1) is 20.3. The van der Waals surface area contributed by atoms with Crippen molar-refractivity contribution in [2.24, 2.45) is 5.10 Å². The molecule has 0 saturated heterocycles. The molecule has 0 saturated carbocycles. The van der Waals surface area contributed by atoms with Crippen molar-refractivity contribution in [1.82, 2.24) is 9.73 Å². The molecule has 8 heteroatoms. The van der Waals surface area contributed by atoms with E-state index in [0.717, 1.165) is 9.87 Å². The Morgan fingerprint density at radius 3 is 2.67 bits per heavy atom. The first-order chi connectivity index (χ1) is 12.9. The van der Waals surface area contributed by atoms with Crippen molar-refractivity contribution in [3.8, 4) is 5.75 Å². The molecule has 0 radical (unpaired) electrons. The lowest BCUT2D eigenvalue weighted by Gasteiger charge is -2.15. The second-order valence-corrected chi connectivity index (χ2v) is 7.58. The van der Waals surface area contributed by atoms with Gasteiger partial charge in [0.1, 0.15) is 12.4 Å². The summed E-state index contributed by atoms with van der Waals surface area (Å²) in [7, 11) is -2.39. The fourth-order valence-corrected chi connectivity index (χ4v) is 3.26. The lowest BCUT2D eigenvalue weighted by Crippen LogP contribution is -2.36. The molecule has 2 rings (SSSR count). The maximum atomic E-state index is 12.4. The molecule has 0 fully saturated rings. The van der Waals surface area contributed by atoms with Gasteiger partial charge in [0.25, 0.3) is 5.91 Å². The Bertz CT molecular complexity index is 912. The van der Waals surface area contributed by atoms with Crippen LogP contribution in [0.25, 0.3) is 0 Å². The third kappa shape index (κ3) is 6.05. The normalized spacial score (nSPS) is 11.5. The maximum Gasteiger partial charge on any atom is 0.255 e. The average molecular weight is 387 g/mol. The summed E-state index contributed by atoms with van der Waals surface area (Å²) < 4.78 is 31.1. The zero-order chi connectivity index (χ0) is 19.7. The van der Waals surface area contributed by atoms with Gasteiger partial charge in [-0.15, -0.1) is 0 Å². The number of hydrogen-bond donors (Lipinski definition) is 1. The summed E-state index contributed by atoms with van der Waals surface area (Å²) in [6, 6.07) is 15.1. The summed E-state index contributed by atoms with van der Waals surface area (Å²) >= 11 is 0. The van der Waals surface area contributed by atoms with Gasteiger partial charge in [-0.2, -0.15) is 9.41 Å². The number of carbonyl (C=O) groups is 1. The molecule has 0 aliphatic heterocycles. The minimum Gasteiger partial charge on any atom is -0.490 e. The van der Waals surface area contributed by atoms with Gasteiger partial charge in [0.05, 0.1) is 17.7 Å². The predicted octanol–water partition coefficient (Wildman–Crippen LogP) is 2.02. The van der Waals surface area contributed by atoms with E-state index in [1.807, 2.05) is 0 Å². The number of nitrogens with zero attached hydrogens (tertiary/aromatic N) is 2. The van der Waals surface area contributed by atoms with Crippen molar-refractivity contribution in [1.29, 1.82) is 0 Å². The first-order valence-corrected chi connectivity index (χ1v) is 9.54. The van der Waals surface area contributed by atoms with Crippen LogP contribution in [0.15, 0.2) is 77.2 Å². The third-order valence-corrected chi connectivity index (χ3v) is 5.26. The topological polar surface area (TPSA) is 88.1 Å². The molecular weight excluding hydrogens is 366 g/mol. The highest BCUT2D eigenvalue weighted by Gasteiger charge is 2.22. The van der Waals surface area contributed by atoms with Crippen LogP contribution in [-0.4, -0.2) is 45.0 Å². The molecule has 0 aliphatic rings. The van der Waals surface area contributed by atoms with Crippen LogP contribution in [0.3, 0.4) is 0 Å². The highest BCUT2D eigenvalue weighted by Crippen LogP contribution is 2.13. The molecule has 2 aromatic rings. The second kappa shape index (κ2) is 9.65. The van der Waals surface area contributed by atoms with Gasteiger partial charge in [0.15, 0.2) is 0 Å². The molecule has 0 heterocycles. The van der Waals surface area contributed by atoms with Gasteiger partial charge < -0.3 is 4.74 Å². The van der Waals surface area contributed by atoms with Gasteiger partial charge in [-0.3, -0.25) is 4.79 Å². The van der Waals surface area contributed by atoms with Crippen molar-refractivity contribution < 1.29 is 17.9 Å². The van der Waals surface area contributed by atoms with Crippen molar-refractivity contribution >= 4 is 22.1 Å². The molecular formula is C19H21N3O4S. The van der Waals surface area contributed by atoms with E-state index in [4.69, 9.17) is 4.74 Å². The molecule has 1 N–H and O–H groups in total. The summed E-state index contributed by atoms with van der Waals surface area (Å²) in [6.07, 6.45) is 3.09. The summed E-state index contributed by atoms with van der Waals surface area (Å²) in [4.78, 5) is 12.1. The zero-order valence-corrected chi connectivity index (χ0v) is 15.7. The molecule has 1 amide bonds. The van der Waals surface area contributed by atoms with Gasteiger partial charge >= 0.3 is 0 Å². The number of likely N-dealkylation sites (N-methyl/N-ethyl adjacent to an activating group) is 1. The monoisotopic (exact) mass is 387 g/mol. The number of carbonyl (C=O) groups excluding carboxylic acids is 1. The van der Waals surface area contributed by atoms with E-state index in [1.54, 1.807) is 48.5 Å². The molecule has 0 bridgehead atoms. The fourth-order valence-electron chi connectivity index (χ4n) is 2.11. The summed E-state index contributed by atoms with van der Waals surface area (Å²) in [5.41, 5.74) is 3.04. The molecule has 0 spiro atoms. The number of hydrogen-bond acceptors (Lipinski definition) is 5. The minimum atomic E-state index is -3.73. The molecule has 0 unspecified atom stereocenters. The predicted molar refractivity (Wildman–Crippen MR) is 104 cm³/mol. The summed E-state index contributed by atoms with van der Waals surface area (Å²) in [6.45, 7) is 3.62. The number of amides is 1. The van der Waals surface area contributed by atoms with E-state index in [0.29, 0.717) is 12.4 Å². The molecule has 27 heavy (non-hydrogen) atoms. The van der Waals surface area contributed by atoms with E-state index in [2.05, 4.69) is 17.1 Å². The molecule has 0 atom stereocenters. The lowest BCUT2D eigenvalue weighted by molar-refractivity contribution is -0.121. The Balaban J connectivity index is 1.92. The first-order valence-electron chi connectivity index (χ1n) is 8.10. The summed E-state index contributed by atoms with van der Waals surface area (Å²) in [5, 5.41) is 3.85. The van der Waals surface area contributed by atoms with Crippen LogP contribution < -0.4 is 10.2 Å². The standard InChI is InChI=1S/C19H21N3O4S/c1-3-12-26-17-9-7-8-16(13-17)14-20-21-19(23)15-22(2)27(24,25)18-10-5-4-6-11-18/h3-11,13-14H,1,12,15H2,2H3,(H,21,23)/b20-14-. The maximum absolute atomic E-state index is 12.4. The van der Waals surface area contributed by atoms with Crippen LogP contribution in [0.4, 0.5) is 0 Å². The van der Waals surface area contributed by atoms with Crippen molar-refractivity contribution in [2.45, 2.75) is 4.90 Å². The minimum absolute atomic E-state index is 0.125. The number of ether oxygens (including phenoxy) is 1. The molecule has 0 aromatic heterocycles. The van der Waals surface area contributed by atoms with Crippen molar-refractivity contribution in [3.05, 3.63) is 72.8 Å². The Morgan fingerprint density at radius 2 is 1.96 bits per heavy atom. The molecule has 142 valence electrons. The van der Waals surface area contributed by atoms with Crippen LogP contribution in [0, 0.1) is 0 Å². The van der Waals surface area contributed by atoms with Crippen LogP contribution >= 0.6 is 0 Å². The van der Waals surface area contributed by atoms with Gasteiger partial charge in [0.2, 0.25) is 10.0 Å². The SMILES string of the molecule is C=CCOc1cccc(/C=N\NC(=O)CN(C)S(=O)(=O)c2ccccc2)c1. The van der Waals surface area contributed by atoms with E-state index in [-0.39, 0.29) is 11.4 Å².